The standard InChI is InChI=1S/C20H25N3O4/c1-5-23-11-7-8-16(20(23)25)19(24)22-21-13-15-9-10-17(27-14(3)4)18(12-15)26-6-2/h7-14H,5-6H2,1-4H3,(H,22,24)/b21-13-. The second kappa shape index (κ2) is 9.56. The smallest absolute Gasteiger partial charge is 0.276 e. The van der Waals surface area contributed by atoms with E-state index in [9.17, 15) is 9.59 Å². The van der Waals surface area contributed by atoms with E-state index in [2.05, 4.69) is 10.5 Å². The Labute approximate surface area is 158 Å². The van der Waals surface area contributed by atoms with Crippen LogP contribution in [0.4, 0.5) is 0 Å². The van der Waals surface area contributed by atoms with Gasteiger partial charge < -0.3 is 14.0 Å². The van der Waals surface area contributed by atoms with Gasteiger partial charge in [-0.3, -0.25) is 9.59 Å². The van der Waals surface area contributed by atoms with E-state index in [1.165, 1.54) is 16.8 Å². The summed E-state index contributed by atoms with van der Waals surface area (Å²) in [4.78, 5) is 24.3. The molecule has 7 nitrogen and oxygen atoms in total. The fourth-order valence-corrected chi connectivity index (χ4v) is 2.41. The Balaban J connectivity index is 2.12. The monoisotopic (exact) mass is 371 g/mol. The van der Waals surface area contributed by atoms with E-state index < -0.39 is 5.91 Å². The summed E-state index contributed by atoms with van der Waals surface area (Å²) in [6, 6.07) is 8.52. The zero-order valence-electron chi connectivity index (χ0n) is 16.1. The van der Waals surface area contributed by atoms with Crippen LogP contribution in [0.5, 0.6) is 11.5 Å². The molecule has 0 aliphatic rings. The van der Waals surface area contributed by atoms with Crippen LogP contribution in [0.25, 0.3) is 0 Å². The van der Waals surface area contributed by atoms with E-state index in [4.69, 9.17) is 9.47 Å². The summed E-state index contributed by atoms with van der Waals surface area (Å²) in [5.74, 6) is 0.705. The number of pyridine rings is 1. The lowest BCUT2D eigenvalue weighted by atomic mass is 10.2. The van der Waals surface area contributed by atoms with E-state index in [1.807, 2.05) is 33.8 Å². The fourth-order valence-electron chi connectivity index (χ4n) is 2.41. The first kappa shape index (κ1) is 20.2. The molecule has 0 bridgehead atoms. The van der Waals surface area contributed by atoms with E-state index in [0.29, 0.717) is 24.7 Å². The van der Waals surface area contributed by atoms with Gasteiger partial charge >= 0.3 is 0 Å². The van der Waals surface area contributed by atoms with Gasteiger partial charge in [-0.25, -0.2) is 5.43 Å². The van der Waals surface area contributed by atoms with Crippen molar-refractivity contribution >= 4 is 12.1 Å². The highest BCUT2D eigenvalue weighted by Crippen LogP contribution is 2.28. The van der Waals surface area contributed by atoms with Crippen LogP contribution >= 0.6 is 0 Å². The second-order valence-electron chi connectivity index (χ2n) is 6.02. The fraction of sp³-hybridized carbons (Fsp3) is 0.350. The quantitative estimate of drug-likeness (QED) is 0.571. The molecule has 1 heterocycles. The van der Waals surface area contributed by atoms with Crippen LogP contribution in [0.3, 0.4) is 0 Å². The molecular weight excluding hydrogens is 346 g/mol. The summed E-state index contributed by atoms with van der Waals surface area (Å²) in [6.07, 6.45) is 3.15. The van der Waals surface area contributed by atoms with Crippen LogP contribution in [0, 0.1) is 0 Å². The maximum Gasteiger partial charge on any atom is 0.276 e. The maximum atomic E-state index is 12.2. The van der Waals surface area contributed by atoms with Gasteiger partial charge in [-0.05, 0) is 63.6 Å². The first-order valence-electron chi connectivity index (χ1n) is 8.92. The first-order chi connectivity index (χ1) is 13.0. The zero-order chi connectivity index (χ0) is 19.8. The summed E-state index contributed by atoms with van der Waals surface area (Å²) < 4.78 is 12.8. The first-order valence-corrected chi connectivity index (χ1v) is 8.92. The van der Waals surface area contributed by atoms with E-state index in [1.54, 1.807) is 24.4 Å². The van der Waals surface area contributed by atoms with Crippen molar-refractivity contribution in [3.05, 3.63) is 58.0 Å². The van der Waals surface area contributed by atoms with Gasteiger partial charge in [-0.2, -0.15) is 5.10 Å². The van der Waals surface area contributed by atoms with Crippen LogP contribution < -0.4 is 20.5 Å². The lowest BCUT2D eigenvalue weighted by Crippen LogP contribution is -2.30. The van der Waals surface area contributed by atoms with Gasteiger partial charge in [0.1, 0.15) is 5.56 Å². The molecule has 7 heteroatoms. The van der Waals surface area contributed by atoms with Crippen LogP contribution in [0.2, 0.25) is 0 Å². The third-order valence-corrected chi connectivity index (χ3v) is 3.62. The van der Waals surface area contributed by atoms with Gasteiger partial charge in [0.2, 0.25) is 0 Å². The second-order valence-corrected chi connectivity index (χ2v) is 6.02. The number of aryl methyl sites for hydroxylation is 1. The number of hydrogen-bond donors (Lipinski definition) is 1. The van der Waals surface area contributed by atoms with Crippen molar-refractivity contribution in [1.82, 2.24) is 9.99 Å². The van der Waals surface area contributed by atoms with Crippen LogP contribution in [-0.4, -0.2) is 29.4 Å². The molecule has 1 aromatic heterocycles. The highest BCUT2D eigenvalue weighted by Gasteiger charge is 2.11. The lowest BCUT2D eigenvalue weighted by molar-refractivity contribution is 0.0953. The van der Waals surface area contributed by atoms with Crippen molar-refractivity contribution in [2.75, 3.05) is 6.61 Å². The van der Waals surface area contributed by atoms with Gasteiger partial charge in [0, 0.05) is 12.7 Å². The maximum absolute atomic E-state index is 12.2. The summed E-state index contributed by atoms with van der Waals surface area (Å²) in [5, 5.41) is 3.94. The molecule has 0 aliphatic carbocycles. The number of carbonyl (C=O) groups excluding carboxylic acids is 1. The third kappa shape index (κ3) is 5.44. The number of rotatable bonds is 8. The van der Waals surface area contributed by atoms with Crippen molar-refractivity contribution in [2.24, 2.45) is 5.10 Å². The topological polar surface area (TPSA) is 81.9 Å². The molecular formula is C20H25N3O4. The Kier molecular flexibility index (Phi) is 7.16. The Hall–Kier alpha value is -3.09. The molecule has 0 atom stereocenters. The number of nitrogens with zero attached hydrogens (tertiary/aromatic N) is 2. The average Bonchev–Trinajstić information content (AvgIpc) is 2.63. The molecule has 0 fully saturated rings. The SMILES string of the molecule is CCOc1cc(/C=N\NC(=O)c2cccn(CC)c2=O)ccc1OC(C)C. The van der Waals surface area contributed by atoms with Gasteiger partial charge in [0.25, 0.3) is 11.5 Å². The number of aromatic nitrogens is 1. The third-order valence-electron chi connectivity index (χ3n) is 3.62. The van der Waals surface area contributed by atoms with Crippen molar-refractivity contribution in [3.63, 3.8) is 0 Å². The van der Waals surface area contributed by atoms with E-state index >= 15 is 0 Å². The number of carbonyl (C=O) groups is 1. The number of benzene rings is 1. The number of hydrazone groups is 1. The molecule has 2 rings (SSSR count). The van der Waals surface area contributed by atoms with Crippen LogP contribution in [0.15, 0.2) is 46.4 Å². The highest BCUT2D eigenvalue weighted by atomic mass is 16.5. The molecule has 0 unspecified atom stereocenters. The molecule has 0 spiro atoms. The van der Waals surface area contributed by atoms with Crippen molar-refractivity contribution in [1.29, 1.82) is 0 Å². The largest absolute Gasteiger partial charge is 0.490 e. The van der Waals surface area contributed by atoms with Crippen molar-refractivity contribution in [3.8, 4) is 11.5 Å². The predicted molar refractivity (Wildman–Crippen MR) is 105 cm³/mol. The predicted octanol–water partition coefficient (Wildman–Crippen LogP) is 2.82. The minimum Gasteiger partial charge on any atom is -0.490 e. The highest BCUT2D eigenvalue weighted by molar-refractivity contribution is 5.94. The van der Waals surface area contributed by atoms with Crippen LogP contribution in [-0.2, 0) is 6.54 Å². The van der Waals surface area contributed by atoms with Gasteiger partial charge in [-0.1, -0.05) is 0 Å². The number of nitrogens with one attached hydrogen (secondary N) is 1. The Morgan fingerprint density at radius 3 is 2.70 bits per heavy atom. The Morgan fingerprint density at radius 1 is 1.26 bits per heavy atom. The molecule has 144 valence electrons. The molecule has 1 aromatic carbocycles. The van der Waals surface area contributed by atoms with Crippen molar-refractivity contribution in [2.45, 2.75) is 40.3 Å². The minimum atomic E-state index is -0.552. The van der Waals surface area contributed by atoms with Gasteiger partial charge in [-0.15, -0.1) is 0 Å². The molecule has 1 N–H and O–H groups in total. The Bertz CT molecular complexity index is 872. The minimum absolute atomic E-state index is 0.0288. The normalized spacial score (nSPS) is 11.0. The van der Waals surface area contributed by atoms with Crippen molar-refractivity contribution < 1.29 is 14.3 Å². The molecule has 0 aliphatic heterocycles. The summed E-state index contributed by atoms with van der Waals surface area (Å²) >= 11 is 0. The van der Waals surface area contributed by atoms with E-state index in [-0.39, 0.29) is 17.2 Å². The average molecular weight is 371 g/mol. The Morgan fingerprint density at radius 2 is 2.04 bits per heavy atom. The number of ether oxygens (including phenoxy) is 2. The van der Waals surface area contributed by atoms with Crippen LogP contribution in [0.1, 0.15) is 43.6 Å². The molecule has 27 heavy (non-hydrogen) atoms. The van der Waals surface area contributed by atoms with Gasteiger partial charge in [0.15, 0.2) is 11.5 Å². The molecule has 2 aromatic rings. The number of amides is 1. The molecule has 0 saturated heterocycles. The zero-order valence-corrected chi connectivity index (χ0v) is 16.1. The summed E-state index contributed by atoms with van der Waals surface area (Å²) in [5.41, 5.74) is 2.82. The summed E-state index contributed by atoms with van der Waals surface area (Å²) in [6.45, 7) is 8.61. The molecule has 0 radical (unpaired) electrons. The molecule has 0 saturated carbocycles. The van der Waals surface area contributed by atoms with Gasteiger partial charge in [0.05, 0.1) is 18.9 Å². The number of hydrogen-bond acceptors (Lipinski definition) is 5. The van der Waals surface area contributed by atoms with E-state index in [0.717, 1.165) is 5.56 Å². The summed E-state index contributed by atoms with van der Waals surface area (Å²) in [7, 11) is 0. The molecule has 1 amide bonds. The lowest BCUT2D eigenvalue weighted by Gasteiger charge is -2.14.